The van der Waals surface area contributed by atoms with Crippen LogP contribution in [0.25, 0.3) is 0 Å². The van der Waals surface area contributed by atoms with Gasteiger partial charge in [0.1, 0.15) is 9.84 Å². The minimum Gasteiger partial charge on any atom is -0.351 e. The maximum absolute atomic E-state index is 12.4. The van der Waals surface area contributed by atoms with Gasteiger partial charge in [-0.3, -0.25) is 4.79 Å². The van der Waals surface area contributed by atoms with Gasteiger partial charge in [0.05, 0.1) is 11.7 Å². The summed E-state index contributed by atoms with van der Waals surface area (Å²) in [4.78, 5) is 12.4. The molecule has 5 nitrogen and oxygen atoms in total. The average molecular weight is 326 g/mol. The minimum absolute atomic E-state index is 0.0411. The van der Waals surface area contributed by atoms with Crippen LogP contribution < -0.4 is 11.1 Å². The Labute approximate surface area is 133 Å². The van der Waals surface area contributed by atoms with Gasteiger partial charge in [-0.2, -0.15) is 0 Å². The van der Waals surface area contributed by atoms with Crippen LogP contribution in [0.15, 0.2) is 30.3 Å². The van der Waals surface area contributed by atoms with E-state index in [1.165, 1.54) is 6.26 Å². The van der Waals surface area contributed by atoms with E-state index < -0.39 is 27.3 Å². The molecule has 6 heteroatoms. The van der Waals surface area contributed by atoms with Gasteiger partial charge >= 0.3 is 0 Å². The molecule has 0 aliphatic carbocycles. The first-order chi connectivity index (χ1) is 10.0. The molecule has 0 aliphatic rings. The van der Waals surface area contributed by atoms with Gasteiger partial charge in [-0.05, 0) is 25.8 Å². The van der Waals surface area contributed by atoms with Crippen LogP contribution in [0.1, 0.15) is 38.8 Å². The Morgan fingerprint density at radius 2 is 1.82 bits per heavy atom. The highest BCUT2D eigenvalue weighted by Crippen LogP contribution is 2.20. The largest absolute Gasteiger partial charge is 0.351 e. The number of hydrogen-bond acceptors (Lipinski definition) is 4. The van der Waals surface area contributed by atoms with Crippen molar-refractivity contribution in [2.24, 2.45) is 11.7 Å². The summed E-state index contributed by atoms with van der Waals surface area (Å²) < 4.78 is 22.5. The maximum Gasteiger partial charge on any atom is 0.225 e. The van der Waals surface area contributed by atoms with Crippen LogP contribution >= 0.6 is 0 Å². The van der Waals surface area contributed by atoms with Crippen molar-refractivity contribution in [2.45, 2.75) is 38.8 Å². The summed E-state index contributed by atoms with van der Waals surface area (Å²) >= 11 is 0. The molecule has 3 N–H and O–H groups in total. The molecule has 1 aromatic rings. The number of nitrogens with two attached hydrogens (primary N) is 1. The third-order valence-corrected chi connectivity index (χ3v) is 4.64. The first kappa shape index (κ1) is 18.6. The van der Waals surface area contributed by atoms with Gasteiger partial charge in [0.15, 0.2) is 0 Å². The number of amides is 1. The molecule has 124 valence electrons. The van der Waals surface area contributed by atoms with Gasteiger partial charge in [0, 0.05) is 17.8 Å². The molecule has 0 fully saturated rings. The molecule has 0 aliphatic heterocycles. The van der Waals surface area contributed by atoms with E-state index in [0.717, 1.165) is 5.56 Å². The van der Waals surface area contributed by atoms with Crippen LogP contribution in [0.2, 0.25) is 0 Å². The zero-order valence-corrected chi connectivity index (χ0v) is 14.5. The van der Waals surface area contributed by atoms with Crippen LogP contribution in [0.3, 0.4) is 0 Å². The van der Waals surface area contributed by atoms with Crippen LogP contribution in [0, 0.1) is 5.92 Å². The second-order valence-electron chi connectivity index (χ2n) is 6.48. The van der Waals surface area contributed by atoms with Crippen LogP contribution in [-0.4, -0.2) is 31.9 Å². The Kier molecular flexibility index (Phi) is 6.14. The molecule has 0 spiro atoms. The zero-order chi connectivity index (χ0) is 17.0. The third kappa shape index (κ3) is 6.15. The predicted molar refractivity (Wildman–Crippen MR) is 89.1 cm³/mol. The van der Waals surface area contributed by atoms with Gasteiger partial charge in [-0.15, -0.1) is 0 Å². The molecule has 1 amide bonds. The average Bonchev–Trinajstić information content (AvgIpc) is 2.43. The van der Waals surface area contributed by atoms with E-state index in [1.54, 1.807) is 6.92 Å². The third-order valence-electron chi connectivity index (χ3n) is 3.70. The van der Waals surface area contributed by atoms with Gasteiger partial charge in [-0.1, -0.05) is 37.3 Å². The fraction of sp³-hybridized carbons (Fsp3) is 0.562. The van der Waals surface area contributed by atoms with Crippen molar-refractivity contribution in [3.8, 4) is 0 Å². The second-order valence-corrected chi connectivity index (χ2v) is 8.74. The Bertz CT molecular complexity index is 597. The Morgan fingerprint density at radius 1 is 1.27 bits per heavy atom. The number of carbonyl (C=O) groups excluding carboxylic acids is 1. The quantitative estimate of drug-likeness (QED) is 0.797. The topological polar surface area (TPSA) is 89.3 Å². The van der Waals surface area contributed by atoms with Crippen molar-refractivity contribution >= 4 is 15.7 Å². The highest BCUT2D eigenvalue weighted by atomic mass is 32.2. The van der Waals surface area contributed by atoms with E-state index in [9.17, 15) is 13.2 Å². The van der Waals surface area contributed by atoms with Crippen LogP contribution in [0.4, 0.5) is 0 Å². The van der Waals surface area contributed by atoms with Gasteiger partial charge in [0.2, 0.25) is 5.91 Å². The number of rotatable bonds is 7. The van der Waals surface area contributed by atoms with Crippen LogP contribution in [-0.2, 0) is 14.6 Å². The maximum atomic E-state index is 12.4. The highest BCUT2D eigenvalue weighted by Gasteiger charge is 2.28. The minimum atomic E-state index is -3.05. The van der Waals surface area contributed by atoms with E-state index in [-0.39, 0.29) is 11.7 Å². The van der Waals surface area contributed by atoms with E-state index in [2.05, 4.69) is 5.32 Å². The zero-order valence-electron chi connectivity index (χ0n) is 13.7. The van der Waals surface area contributed by atoms with Crippen molar-refractivity contribution < 1.29 is 13.2 Å². The van der Waals surface area contributed by atoms with Crippen molar-refractivity contribution in [3.05, 3.63) is 35.9 Å². The summed E-state index contributed by atoms with van der Waals surface area (Å²) in [6.45, 7) is 5.41. The van der Waals surface area contributed by atoms with Crippen molar-refractivity contribution in [1.82, 2.24) is 5.32 Å². The lowest BCUT2D eigenvalue weighted by atomic mass is 9.93. The summed E-state index contributed by atoms with van der Waals surface area (Å²) in [5.74, 6) is -0.533. The fourth-order valence-corrected chi connectivity index (χ4v) is 2.96. The molecule has 0 bridgehead atoms. The summed E-state index contributed by atoms with van der Waals surface area (Å²) in [6, 6.07) is 9.06. The van der Waals surface area contributed by atoms with Crippen molar-refractivity contribution in [1.29, 1.82) is 0 Å². The standard InChI is InChI=1S/C16H26N2O3S/c1-12(14(17)13-8-6-5-7-9-13)15(19)18-16(2,3)10-11-22(4,20)21/h5-9,12,14H,10-11,17H2,1-4H3,(H,18,19). The van der Waals surface area contributed by atoms with E-state index in [4.69, 9.17) is 5.73 Å². The fourth-order valence-electron chi connectivity index (χ4n) is 2.08. The molecule has 22 heavy (non-hydrogen) atoms. The van der Waals surface area contributed by atoms with Crippen molar-refractivity contribution in [3.63, 3.8) is 0 Å². The molecule has 2 atom stereocenters. The molecule has 1 aromatic carbocycles. The van der Waals surface area contributed by atoms with Gasteiger partial charge < -0.3 is 11.1 Å². The monoisotopic (exact) mass is 326 g/mol. The smallest absolute Gasteiger partial charge is 0.225 e. The summed E-state index contributed by atoms with van der Waals surface area (Å²) in [7, 11) is -3.05. The SMILES string of the molecule is CC(C(=O)NC(C)(C)CCS(C)(=O)=O)C(N)c1ccccc1. The lowest BCUT2D eigenvalue weighted by Gasteiger charge is -2.29. The van der Waals surface area contributed by atoms with E-state index >= 15 is 0 Å². The molecule has 0 radical (unpaired) electrons. The molecule has 0 saturated heterocycles. The molecular weight excluding hydrogens is 300 g/mol. The molecule has 1 rings (SSSR count). The number of benzene rings is 1. The summed E-state index contributed by atoms with van der Waals surface area (Å²) in [5.41, 5.74) is 6.45. The van der Waals surface area contributed by atoms with E-state index in [0.29, 0.717) is 6.42 Å². The van der Waals surface area contributed by atoms with Crippen LogP contribution in [0.5, 0.6) is 0 Å². The second kappa shape index (κ2) is 7.24. The molecule has 0 saturated carbocycles. The highest BCUT2D eigenvalue weighted by molar-refractivity contribution is 7.90. The number of carbonyl (C=O) groups is 1. The Hall–Kier alpha value is -1.40. The normalized spacial score (nSPS) is 15.1. The first-order valence-electron chi connectivity index (χ1n) is 7.32. The lowest BCUT2D eigenvalue weighted by molar-refractivity contribution is -0.126. The first-order valence-corrected chi connectivity index (χ1v) is 9.38. The summed E-state index contributed by atoms with van der Waals surface area (Å²) in [5, 5.41) is 2.90. The molecular formula is C16H26N2O3S. The molecule has 0 aromatic heterocycles. The van der Waals surface area contributed by atoms with Gasteiger partial charge in [0.25, 0.3) is 0 Å². The molecule has 2 unspecified atom stereocenters. The van der Waals surface area contributed by atoms with Crippen molar-refractivity contribution in [2.75, 3.05) is 12.0 Å². The predicted octanol–water partition coefficient (Wildman–Crippen LogP) is 1.65. The summed E-state index contributed by atoms with van der Waals surface area (Å²) in [6.07, 6.45) is 1.56. The Balaban J connectivity index is 2.67. The Morgan fingerprint density at radius 3 is 2.32 bits per heavy atom. The lowest BCUT2D eigenvalue weighted by Crippen LogP contribution is -2.48. The number of hydrogen-bond donors (Lipinski definition) is 2. The number of sulfone groups is 1. The van der Waals surface area contributed by atoms with E-state index in [1.807, 2.05) is 44.2 Å². The number of nitrogens with one attached hydrogen (secondary N) is 1. The van der Waals surface area contributed by atoms with Gasteiger partial charge in [-0.25, -0.2) is 8.42 Å². The molecule has 0 heterocycles.